The van der Waals surface area contributed by atoms with Crippen LogP contribution in [-0.2, 0) is 22.6 Å². The van der Waals surface area contributed by atoms with Crippen LogP contribution in [0.4, 0.5) is 0 Å². The summed E-state index contributed by atoms with van der Waals surface area (Å²) in [7, 11) is 0. The quantitative estimate of drug-likeness (QED) is 0.809. The van der Waals surface area contributed by atoms with Crippen molar-refractivity contribution >= 4 is 11.9 Å². The van der Waals surface area contributed by atoms with Gasteiger partial charge in [0, 0.05) is 13.1 Å². The summed E-state index contributed by atoms with van der Waals surface area (Å²) in [5, 5.41) is 16.1. The van der Waals surface area contributed by atoms with Gasteiger partial charge in [-0.2, -0.15) is 0 Å². The molecule has 1 saturated heterocycles. The van der Waals surface area contributed by atoms with Gasteiger partial charge in [-0.05, 0) is 19.3 Å². The Labute approximate surface area is 104 Å². The van der Waals surface area contributed by atoms with Crippen molar-refractivity contribution in [3.63, 3.8) is 0 Å². The van der Waals surface area contributed by atoms with Crippen molar-refractivity contribution in [2.75, 3.05) is 13.1 Å². The van der Waals surface area contributed by atoms with Crippen molar-refractivity contribution in [3.8, 4) is 0 Å². The van der Waals surface area contributed by atoms with Gasteiger partial charge in [-0.15, -0.1) is 5.10 Å². The van der Waals surface area contributed by atoms with Gasteiger partial charge in [0.1, 0.15) is 6.54 Å². The lowest BCUT2D eigenvalue weighted by Gasteiger charge is -2.26. The van der Waals surface area contributed by atoms with Gasteiger partial charge in [0.15, 0.2) is 0 Å². The lowest BCUT2D eigenvalue weighted by atomic mass is 10.1. The second-order valence-electron chi connectivity index (χ2n) is 4.39. The van der Waals surface area contributed by atoms with Gasteiger partial charge < -0.3 is 10.0 Å². The molecule has 1 fully saturated rings. The van der Waals surface area contributed by atoms with Gasteiger partial charge >= 0.3 is 5.97 Å². The van der Waals surface area contributed by atoms with Gasteiger partial charge in [0.05, 0.1) is 18.3 Å². The van der Waals surface area contributed by atoms with Crippen LogP contribution in [0.15, 0.2) is 6.20 Å². The summed E-state index contributed by atoms with van der Waals surface area (Å²) < 4.78 is 1.37. The third kappa shape index (κ3) is 3.06. The highest BCUT2D eigenvalue weighted by molar-refractivity contribution is 5.76. The van der Waals surface area contributed by atoms with Crippen molar-refractivity contribution in [2.24, 2.45) is 0 Å². The molecule has 7 heteroatoms. The van der Waals surface area contributed by atoms with Crippen molar-refractivity contribution in [1.82, 2.24) is 19.9 Å². The Morgan fingerprint density at radius 1 is 1.28 bits per heavy atom. The Bertz CT molecular complexity index is 437. The standard InChI is InChI=1S/C11H16N4O3/c16-10(14-4-2-1-3-5-14)8-15-9(6-11(17)18)7-12-13-15/h7H,1-6,8H2,(H,17,18). The molecule has 0 atom stereocenters. The first-order chi connectivity index (χ1) is 8.66. The fourth-order valence-electron chi connectivity index (χ4n) is 2.08. The molecule has 0 spiro atoms. The molecule has 98 valence electrons. The normalized spacial score (nSPS) is 15.7. The number of carboxylic acid groups (broad SMARTS) is 1. The van der Waals surface area contributed by atoms with Gasteiger partial charge in [-0.1, -0.05) is 5.21 Å². The van der Waals surface area contributed by atoms with Gasteiger partial charge in [-0.3, -0.25) is 9.59 Å². The zero-order chi connectivity index (χ0) is 13.0. The summed E-state index contributed by atoms with van der Waals surface area (Å²) in [6, 6.07) is 0. The number of carboxylic acids is 1. The van der Waals surface area contributed by atoms with Crippen LogP contribution in [0.2, 0.25) is 0 Å². The fraction of sp³-hybridized carbons (Fsp3) is 0.636. The summed E-state index contributed by atoms with van der Waals surface area (Å²) in [6.45, 7) is 1.63. The summed E-state index contributed by atoms with van der Waals surface area (Å²) in [5.74, 6) is -0.976. The lowest BCUT2D eigenvalue weighted by Crippen LogP contribution is -2.38. The summed E-state index contributed by atoms with van der Waals surface area (Å²) >= 11 is 0. The van der Waals surface area contributed by atoms with E-state index in [9.17, 15) is 9.59 Å². The van der Waals surface area contributed by atoms with E-state index in [0.29, 0.717) is 5.69 Å². The van der Waals surface area contributed by atoms with Crippen LogP contribution in [0.3, 0.4) is 0 Å². The van der Waals surface area contributed by atoms with Gasteiger partial charge in [0.2, 0.25) is 5.91 Å². The SMILES string of the molecule is O=C(O)Cc1cnnn1CC(=O)N1CCCCC1. The van der Waals surface area contributed by atoms with Crippen LogP contribution in [0, 0.1) is 0 Å². The van der Waals surface area contributed by atoms with E-state index in [1.54, 1.807) is 4.90 Å². The zero-order valence-corrected chi connectivity index (χ0v) is 10.1. The average Bonchev–Trinajstić information content (AvgIpc) is 2.77. The molecule has 1 aromatic rings. The van der Waals surface area contributed by atoms with Crippen LogP contribution in [-0.4, -0.2) is 50.0 Å². The van der Waals surface area contributed by atoms with E-state index in [4.69, 9.17) is 5.11 Å². The molecule has 1 aliphatic heterocycles. The number of piperidine rings is 1. The molecule has 0 aliphatic carbocycles. The van der Waals surface area contributed by atoms with Crippen molar-refractivity contribution in [1.29, 1.82) is 0 Å². The molecule has 0 saturated carbocycles. The smallest absolute Gasteiger partial charge is 0.309 e. The van der Waals surface area contributed by atoms with E-state index >= 15 is 0 Å². The van der Waals surface area contributed by atoms with E-state index in [0.717, 1.165) is 32.4 Å². The van der Waals surface area contributed by atoms with E-state index in [1.165, 1.54) is 10.9 Å². The minimum atomic E-state index is -0.955. The molecule has 1 amide bonds. The number of amides is 1. The predicted molar refractivity (Wildman–Crippen MR) is 61.8 cm³/mol. The largest absolute Gasteiger partial charge is 0.481 e. The maximum atomic E-state index is 12.0. The van der Waals surface area contributed by atoms with E-state index in [-0.39, 0.29) is 18.9 Å². The Morgan fingerprint density at radius 3 is 2.67 bits per heavy atom. The Kier molecular flexibility index (Phi) is 3.91. The molecule has 0 radical (unpaired) electrons. The number of carbonyl (C=O) groups excluding carboxylic acids is 1. The molecule has 1 aromatic heterocycles. The molecule has 7 nitrogen and oxygen atoms in total. The zero-order valence-electron chi connectivity index (χ0n) is 10.1. The summed E-state index contributed by atoms with van der Waals surface area (Å²) in [4.78, 5) is 24.4. The molecular formula is C11H16N4O3. The number of nitrogens with zero attached hydrogens (tertiary/aromatic N) is 4. The highest BCUT2D eigenvalue weighted by atomic mass is 16.4. The molecule has 2 rings (SSSR count). The number of hydrogen-bond acceptors (Lipinski definition) is 4. The maximum Gasteiger partial charge on any atom is 0.309 e. The molecular weight excluding hydrogens is 236 g/mol. The van der Waals surface area contributed by atoms with Crippen LogP contribution in [0.5, 0.6) is 0 Å². The number of hydrogen-bond donors (Lipinski definition) is 1. The third-order valence-electron chi connectivity index (χ3n) is 3.02. The van der Waals surface area contributed by atoms with E-state index in [2.05, 4.69) is 10.3 Å². The molecule has 0 unspecified atom stereocenters. The van der Waals surface area contributed by atoms with Crippen LogP contribution >= 0.6 is 0 Å². The minimum Gasteiger partial charge on any atom is -0.481 e. The second kappa shape index (κ2) is 5.61. The summed E-state index contributed by atoms with van der Waals surface area (Å²) in [5.41, 5.74) is 0.452. The van der Waals surface area contributed by atoms with Crippen molar-refractivity contribution in [2.45, 2.75) is 32.2 Å². The highest BCUT2D eigenvalue weighted by Crippen LogP contribution is 2.09. The topological polar surface area (TPSA) is 88.3 Å². The van der Waals surface area contributed by atoms with E-state index in [1.807, 2.05) is 0 Å². The Morgan fingerprint density at radius 2 is 2.00 bits per heavy atom. The lowest BCUT2D eigenvalue weighted by molar-refractivity contribution is -0.137. The first kappa shape index (κ1) is 12.5. The van der Waals surface area contributed by atoms with Crippen LogP contribution in [0.25, 0.3) is 0 Å². The van der Waals surface area contributed by atoms with E-state index < -0.39 is 5.97 Å². The maximum absolute atomic E-state index is 12.0. The number of rotatable bonds is 4. The Balaban J connectivity index is 1.97. The molecule has 0 aromatic carbocycles. The van der Waals surface area contributed by atoms with Crippen molar-refractivity contribution < 1.29 is 14.7 Å². The number of aliphatic carboxylic acids is 1. The van der Waals surface area contributed by atoms with Gasteiger partial charge in [-0.25, -0.2) is 4.68 Å². The number of aromatic nitrogens is 3. The Hall–Kier alpha value is -1.92. The number of carbonyl (C=O) groups is 2. The summed E-state index contributed by atoms with van der Waals surface area (Å²) in [6.07, 6.45) is 4.45. The highest BCUT2D eigenvalue weighted by Gasteiger charge is 2.18. The monoisotopic (exact) mass is 252 g/mol. The molecule has 1 aliphatic rings. The first-order valence-corrected chi connectivity index (χ1v) is 6.04. The van der Waals surface area contributed by atoms with Gasteiger partial charge in [0.25, 0.3) is 0 Å². The molecule has 1 N–H and O–H groups in total. The number of likely N-dealkylation sites (tertiary alicyclic amines) is 1. The third-order valence-corrected chi connectivity index (χ3v) is 3.02. The predicted octanol–water partition coefficient (Wildman–Crippen LogP) is -0.0823. The van der Waals surface area contributed by atoms with Crippen molar-refractivity contribution in [3.05, 3.63) is 11.9 Å². The fourth-order valence-corrected chi connectivity index (χ4v) is 2.08. The average molecular weight is 252 g/mol. The second-order valence-corrected chi connectivity index (χ2v) is 4.39. The minimum absolute atomic E-state index is 0.0214. The molecule has 0 bridgehead atoms. The van der Waals surface area contributed by atoms with Crippen LogP contribution < -0.4 is 0 Å². The molecule has 2 heterocycles. The van der Waals surface area contributed by atoms with Crippen LogP contribution in [0.1, 0.15) is 25.0 Å². The molecule has 18 heavy (non-hydrogen) atoms. The first-order valence-electron chi connectivity index (χ1n) is 6.04.